The lowest BCUT2D eigenvalue weighted by Gasteiger charge is -2.19. The van der Waals surface area contributed by atoms with Gasteiger partial charge in [-0.1, -0.05) is 19.9 Å². The number of hydrogen-bond donors (Lipinski definition) is 1. The van der Waals surface area contributed by atoms with E-state index >= 15 is 0 Å². The first-order valence-corrected chi connectivity index (χ1v) is 6.05. The first-order valence-electron chi connectivity index (χ1n) is 6.05. The Morgan fingerprint density at radius 2 is 1.79 bits per heavy atom. The van der Waals surface area contributed by atoms with Crippen LogP contribution in [-0.4, -0.2) is 5.11 Å². The molecule has 0 saturated carbocycles. The van der Waals surface area contributed by atoms with Crippen LogP contribution in [0.2, 0.25) is 0 Å². The number of hydrogen-bond acceptors (Lipinski definition) is 1. The van der Waals surface area contributed by atoms with Gasteiger partial charge in [0.1, 0.15) is 11.6 Å². The van der Waals surface area contributed by atoms with E-state index in [-0.39, 0.29) is 17.1 Å². The molecule has 1 N–H and O–H groups in total. The third kappa shape index (κ3) is 2.39. The molecule has 0 atom stereocenters. The van der Waals surface area contributed by atoms with Crippen LogP contribution in [0.4, 0.5) is 13.2 Å². The van der Waals surface area contributed by atoms with Crippen molar-refractivity contribution in [1.82, 2.24) is 0 Å². The van der Waals surface area contributed by atoms with Gasteiger partial charge in [-0.25, -0.2) is 13.2 Å². The van der Waals surface area contributed by atoms with Crippen LogP contribution in [0.15, 0.2) is 24.3 Å². The zero-order valence-electron chi connectivity index (χ0n) is 11.0. The molecule has 0 saturated heterocycles. The summed E-state index contributed by atoms with van der Waals surface area (Å²) in [7, 11) is 0. The third-order valence-corrected chi connectivity index (χ3v) is 3.14. The largest absolute Gasteiger partial charge is 0.508 e. The van der Waals surface area contributed by atoms with Crippen LogP contribution in [0.3, 0.4) is 0 Å². The van der Waals surface area contributed by atoms with Gasteiger partial charge in [-0.2, -0.15) is 0 Å². The van der Waals surface area contributed by atoms with Crippen LogP contribution in [0, 0.1) is 5.82 Å². The average Bonchev–Trinajstić information content (AvgIpc) is 2.26. The molecule has 0 aromatic heterocycles. The Labute approximate surface area is 109 Å². The summed E-state index contributed by atoms with van der Waals surface area (Å²) in [4.78, 5) is 0. The summed E-state index contributed by atoms with van der Waals surface area (Å²) >= 11 is 0. The molecule has 0 spiro atoms. The zero-order chi connectivity index (χ0) is 14.4. The minimum absolute atomic E-state index is 0.00632. The standard InChI is InChI=1S/C15H15F3O/c1-8(2)11-7-10(19)6-9-4-5-12(16)14(13(9)11)15(3,17)18/h4-8,19H,1-3H3. The Balaban J connectivity index is 2.98. The van der Waals surface area contributed by atoms with Crippen molar-refractivity contribution in [2.75, 3.05) is 0 Å². The van der Waals surface area contributed by atoms with Crippen LogP contribution in [0.25, 0.3) is 10.8 Å². The van der Waals surface area contributed by atoms with Crippen molar-refractivity contribution in [2.24, 2.45) is 0 Å². The molecule has 2 aromatic rings. The van der Waals surface area contributed by atoms with Gasteiger partial charge in [0, 0.05) is 6.92 Å². The van der Waals surface area contributed by atoms with Crippen molar-refractivity contribution in [3.63, 3.8) is 0 Å². The lowest BCUT2D eigenvalue weighted by Crippen LogP contribution is -2.12. The lowest BCUT2D eigenvalue weighted by molar-refractivity contribution is 0.0154. The molecular formula is C15H15F3O. The topological polar surface area (TPSA) is 20.2 Å². The smallest absolute Gasteiger partial charge is 0.273 e. The van der Waals surface area contributed by atoms with E-state index in [1.54, 1.807) is 0 Å². The average molecular weight is 268 g/mol. The highest BCUT2D eigenvalue weighted by atomic mass is 19.3. The van der Waals surface area contributed by atoms with Gasteiger partial charge < -0.3 is 5.11 Å². The molecule has 2 aromatic carbocycles. The Morgan fingerprint density at radius 1 is 1.16 bits per heavy atom. The van der Waals surface area contributed by atoms with Gasteiger partial charge in [-0.05, 0) is 40.5 Å². The van der Waals surface area contributed by atoms with Gasteiger partial charge in [0.15, 0.2) is 0 Å². The van der Waals surface area contributed by atoms with Crippen LogP contribution in [0.1, 0.15) is 37.8 Å². The number of phenols is 1. The van der Waals surface area contributed by atoms with Gasteiger partial charge in [-0.15, -0.1) is 0 Å². The van der Waals surface area contributed by atoms with Gasteiger partial charge in [0.05, 0.1) is 5.56 Å². The molecule has 1 nitrogen and oxygen atoms in total. The Hall–Kier alpha value is -1.71. The molecule has 0 aliphatic heterocycles. The van der Waals surface area contributed by atoms with E-state index < -0.39 is 17.3 Å². The fourth-order valence-electron chi connectivity index (χ4n) is 2.34. The minimum Gasteiger partial charge on any atom is -0.508 e. The molecule has 0 amide bonds. The van der Waals surface area contributed by atoms with Crippen LogP contribution < -0.4 is 0 Å². The zero-order valence-corrected chi connectivity index (χ0v) is 11.0. The molecule has 102 valence electrons. The first kappa shape index (κ1) is 13.7. The summed E-state index contributed by atoms with van der Waals surface area (Å²) in [5.74, 6) is -4.30. The number of phenolic OH excluding ortho intramolecular Hbond substituents is 1. The monoisotopic (exact) mass is 268 g/mol. The predicted octanol–water partition coefficient (Wildman–Crippen LogP) is 4.92. The Bertz CT molecular complexity index is 627. The highest BCUT2D eigenvalue weighted by molar-refractivity contribution is 5.91. The molecule has 0 radical (unpaired) electrons. The quantitative estimate of drug-likeness (QED) is 0.819. The van der Waals surface area contributed by atoms with E-state index in [9.17, 15) is 18.3 Å². The lowest BCUT2D eigenvalue weighted by atomic mass is 9.90. The molecule has 19 heavy (non-hydrogen) atoms. The van der Waals surface area contributed by atoms with E-state index in [2.05, 4.69) is 0 Å². The number of aromatic hydroxyl groups is 1. The van der Waals surface area contributed by atoms with Crippen LogP contribution >= 0.6 is 0 Å². The molecule has 0 aliphatic rings. The number of benzene rings is 2. The summed E-state index contributed by atoms with van der Waals surface area (Å²) in [6, 6.07) is 5.21. The van der Waals surface area contributed by atoms with Gasteiger partial charge in [-0.3, -0.25) is 0 Å². The molecule has 4 heteroatoms. The summed E-state index contributed by atoms with van der Waals surface area (Å²) in [6.07, 6.45) is 0. The first-order chi connectivity index (χ1) is 8.71. The molecule has 2 rings (SSSR count). The van der Waals surface area contributed by atoms with Gasteiger partial charge >= 0.3 is 0 Å². The summed E-state index contributed by atoms with van der Waals surface area (Å²) in [6.45, 7) is 4.31. The predicted molar refractivity (Wildman–Crippen MR) is 69.2 cm³/mol. The number of fused-ring (bicyclic) bond motifs is 1. The van der Waals surface area contributed by atoms with Crippen molar-refractivity contribution in [1.29, 1.82) is 0 Å². The second kappa shape index (κ2) is 4.44. The third-order valence-electron chi connectivity index (χ3n) is 3.14. The second-order valence-corrected chi connectivity index (χ2v) is 5.10. The summed E-state index contributed by atoms with van der Waals surface area (Å²) < 4.78 is 41.2. The van der Waals surface area contributed by atoms with Crippen molar-refractivity contribution in [2.45, 2.75) is 32.6 Å². The van der Waals surface area contributed by atoms with E-state index in [4.69, 9.17) is 0 Å². The molecular weight excluding hydrogens is 253 g/mol. The van der Waals surface area contributed by atoms with E-state index in [1.807, 2.05) is 13.8 Å². The maximum absolute atomic E-state index is 13.8. The van der Waals surface area contributed by atoms with E-state index in [0.717, 1.165) is 6.07 Å². The van der Waals surface area contributed by atoms with E-state index in [1.165, 1.54) is 18.2 Å². The fraction of sp³-hybridized carbons (Fsp3) is 0.333. The highest BCUT2D eigenvalue weighted by Gasteiger charge is 2.32. The van der Waals surface area contributed by atoms with Crippen LogP contribution in [-0.2, 0) is 5.92 Å². The van der Waals surface area contributed by atoms with Crippen molar-refractivity contribution in [3.8, 4) is 5.75 Å². The number of rotatable bonds is 2. The van der Waals surface area contributed by atoms with E-state index in [0.29, 0.717) is 17.9 Å². The molecule has 0 heterocycles. The second-order valence-electron chi connectivity index (χ2n) is 5.10. The maximum atomic E-state index is 13.8. The molecule has 0 aliphatic carbocycles. The molecule has 0 bridgehead atoms. The number of alkyl halides is 2. The number of halogens is 3. The SMILES string of the molecule is CC(C)c1cc(O)cc2ccc(F)c(C(C)(F)F)c12. The van der Waals surface area contributed by atoms with Crippen LogP contribution in [0.5, 0.6) is 5.75 Å². The van der Waals surface area contributed by atoms with Crippen molar-refractivity contribution < 1.29 is 18.3 Å². The van der Waals surface area contributed by atoms with Gasteiger partial charge in [0.25, 0.3) is 5.92 Å². The Morgan fingerprint density at radius 3 is 2.32 bits per heavy atom. The van der Waals surface area contributed by atoms with Gasteiger partial charge in [0.2, 0.25) is 0 Å². The van der Waals surface area contributed by atoms with Crippen molar-refractivity contribution >= 4 is 10.8 Å². The fourth-order valence-corrected chi connectivity index (χ4v) is 2.34. The normalized spacial score (nSPS) is 12.4. The Kier molecular flexibility index (Phi) is 3.20. The maximum Gasteiger partial charge on any atom is 0.273 e. The highest BCUT2D eigenvalue weighted by Crippen LogP contribution is 2.40. The summed E-state index contributed by atoms with van der Waals surface area (Å²) in [5, 5.41) is 10.3. The molecule has 0 unspecified atom stereocenters. The van der Waals surface area contributed by atoms with Crippen molar-refractivity contribution in [3.05, 3.63) is 41.2 Å². The molecule has 0 fully saturated rings. The summed E-state index contributed by atoms with van der Waals surface area (Å²) in [5.41, 5.74) is -0.0836. The minimum atomic E-state index is -3.27.